The quantitative estimate of drug-likeness (QED) is 0.917. The van der Waals surface area contributed by atoms with E-state index in [2.05, 4.69) is 15.2 Å². The molecule has 0 bridgehead atoms. The summed E-state index contributed by atoms with van der Waals surface area (Å²) in [6, 6.07) is 9.39. The Balaban J connectivity index is 1.65. The van der Waals surface area contributed by atoms with Crippen molar-refractivity contribution < 1.29 is 9.53 Å². The van der Waals surface area contributed by atoms with Gasteiger partial charge in [-0.2, -0.15) is 0 Å². The van der Waals surface area contributed by atoms with Crippen LogP contribution in [0, 0.1) is 0 Å². The number of hydrogen-bond donors (Lipinski definition) is 2. The minimum atomic E-state index is -0.207. The van der Waals surface area contributed by atoms with E-state index in [1.807, 2.05) is 24.3 Å². The van der Waals surface area contributed by atoms with Gasteiger partial charge >= 0.3 is 0 Å². The molecule has 1 amide bonds. The van der Waals surface area contributed by atoms with E-state index in [0.29, 0.717) is 10.7 Å². The van der Waals surface area contributed by atoms with Gasteiger partial charge < -0.3 is 19.9 Å². The number of nitrogens with zero attached hydrogens (tertiary/aromatic N) is 1. The van der Waals surface area contributed by atoms with Crippen LogP contribution in [0.2, 0.25) is 5.02 Å². The Kier molecular flexibility index (Phi) is 4.13. The van der Waals surface area contributed by atoms with Crippen LogP contribution < -0.4 is 10.2 Å². The molecule has 1 aromatic heterocycles. The van der Waals surface area contributed by atoms with Crippen LogP contribution in [0.4, 0.5) is 11.4 Å². The Hall–Kier alpha value is -1.98. The summed E-state index contributed by atoms with van der Waals surface area (Å²) >= 11 is 5.79. The predicted octanol–water partition coefficient (Wildman–Crippen LogP) is 2.76. The summed E-state index contributed by atoms with van der Waals surface area (Å²) in [5, 5.41) is 3.35. The second kappa shape index (κ2) is 6.20. The molecule has 2 heterocycles. The third-order valence-electron chi connectivity index (χ3n) is 3.39. The number of nitrogens with one attached hydrogen (secondary N) is 2. The molecule has 2 aromatic rings. The fraction of sp³-hybridized carbons (Fsp3) is 0.267. The Morgan fingerprint density at radius 2 is 1.95 bits per heavy atom. The van der Waals surface area contributed by atoms with E-state index in [9.17, 15) is 4.79 Å². The van der Waals surface area contributed by atoms with Crippen LogP contribution in [0.5, 0.6) is 0 Å². The van der Waals surface area contributed by atoms with Crippen LogP contribution in [-0.2, 0) is 4.74 Å². The topological polar surface area (TPSA) is 57.4 Å². The number of carbonyl (C=O) groups excluding carboxylic acids is 1. The summed E-state index contributed by atoms with van der Waals surface area (Å²) in [5.41, 5.74) is 2.33. The number of hydrogen-bond acceptors (Lipinski definition) is 3. The zero-order valence-corrected chi connectivity index (χ0v) is 12.2. The van der Waals surface area contributed by atoms with Crippen LogP contribution in [-0.4, -0.2) is 37.2 Å². The number of halogens is 1. The van der Waals surface area contributed by atoms with Crippen LogP contribution >= 0.6 is 11.6 Å². The summed E-state index contributed by atoms with van der Waals surface area (Å²) in [5.74, 6) is -0.207. The van der Waals surface area contributed by atoms with E-state index in [1.165, 1.54) is 0 Å². The first-order valence-corrected chi connectivity index (χ1v) is 7.18. The number of morpholine rings is 1. The summed E-state index contributed by atoms with van der Waals surface area (Å²) in [7, 11) is 0. The van der Waals surface area contributed by atoms with Gasteiger partial charge in [0.15, 0.2) is 0 Å². The number of amides is 1. The van der Waals surface area contributed by atoms with Crippen molar-refractivity contribution in [3.05, 3.63) is 47.2 Å². The molecule has 21 heavy (non-hydrogen) atoms. The van der Waals surface area contributed by atoms with Crippen molar-refractivity contribution in [1.29, 1.82) is 0 Å². The van der Waals surface area contributed by atoms with Crippen LogP contribution in [0.3, 0.4) is 0 Å². The first-order valence-electron chi connectivity index (χ1n) is 6.80. The third-order valence-corrected chi connectivity index (χ3v) is 3.61. The van der Waals surface area contributed by atoms with Gasteiger partial charge in [-0.1, -0.05) is 11.6 Å². The lowest BCUT2D eigenvalue weighted by Crippen LogP contribution is -2.36. The molecule has 110 valence electrons. The molecule has 1 aliphatic rings. The van der Waals surface area contributed by atoms with Crippen LogP contribution in [0.15, 0.2) is 36.5 Å². The van der Waals surface area contributed by atoms with Crippen molar-refractivity contribution in [2.75, 3.05) is 36.5 Å². The molecule has 1 aromatic carbocycles. The second-order valence-electron chi connectivity index (χ2n) is 4.83. The van der Waals surface area contributed by atoms with Crippen LogP contribution in [0.1, 0.15) is 10.5 Å². The molecular weight excluding hydrogens is 290 g/mol. The molecule has 3 rings (SSSR count). The van der Waals surface area contributed by atoms with Gasteiger partial charge in [0.1, 0.15) is 5.69 Å². The zero-order valence-electron chi connectivity index (χ0n) is 11.4. The van der Waals surface area contributed by atoms with Gasteiger partial charge in [0.05, 0.1) is 18.2 Å². The van der Waals surface area contributed by atoms with Gasteiger partial charge in [-0.3, -0.25) is 4.79 Å². The monoisotopic (exact) mass is 305 g/mol. The van der Waals surface area contributed by atoms with Crippen molar-refractivity contribution in [2.24, 2.45) is 0 Å². The average molecular weight is 306 g/mol. The maximum absolute atomic E-state index is 12.0. The predicted molar refractivity (Wildman–Crippen MR) is 83.2 cm³/mol. The highest BCUT2D eigenvalue weighted by Gasteiger charge is 2.12. The molecule has 1 saturated heterocycles. The van der Waals surface area contributed by atoms with Gasteiger partial charge in [0.25, 0.3) is 5.91 Å². The molecule has 2 N–H and O–H groups in total. The zero-order chi connectivity index (χ0) is 14.7. The van der Waals surface area contributed by atoms with Crippen LogP contribution in [0.25, 0.3) is 0 Å². The Morgan fingerprint density at radius 1 is 1.24 bits per heavy atom. The van der Waals surface area contributed by atoms with Crippen molar-refractivity contribution in [1.82, 2.24) is 4.98 Å². The van der Waals surface area contributed by atoms with Gasteiger partial charge in [0, 0.05) is 30.7 Å². The van der Waals surface area contributed by atoms with Crippen molar-refractivity contribution in [3.8, 4) is 0 Å². The fourth-order valence-electron chi connectivity index (χ4n) is 2.27. The number of ether oxygens (including phenoxy) is 1. The summed E-state index contributed by atoms with van der Waals surface area (Å²) in [4.78, 5) is 17.1. The van der Waals surface area contributed by atoms with E-state index < -0.39 is 0 Å². The lowest BCUT2D eigenvalue weighted by Gasteiger charge is -2.28. The maximum atomic E-state index is 12.0. The summed E-state index contributed by atoms with van der Waals surface area (Å²) in [6.45, 7) is 3.30. The van der Waals surface area contributed by atoms with Crippen molar-refractivity contribution in [2.45, 2.75) is 0 Å². The minimum Gasteiger partial charge on any atom is -0.378 e. The number of aromatic nitrogens is 1. The standard InChI is InChI=1S/C15H16ClN3O2/c16-11-9-14(17-10-11)15(20)18-12-1-3-13(4-2-12)19-5-7-21-8-6-19/h1-4,9-10,17H,5-8H2,(H,18,20). The van der Waals surface area contributed by atoms with Gasteiger partial charge in [0.2, 0.25) is 0 Å². The van der Waals surface area contributed by atoms with Gasteiger partial charge in [-0.05, 0) is 30.3 Å². The molecular formula is C15H16ClN3O2. The molecule has 0 unspecified atom stereocenters. The summed E-state index contributed by atoms with van der Waals surface area (Å²) in [6.07, 6.45) is 1.58. The number of rotatable bonds is 3. The molecule has 0 atom stereocenters. The maximum Gasteiger partial charge on any atom is 0.272 e. The highest BCUT2D eigenvalue weighted by atomic mass is 35.5. The molecule has 1 aliphatic heterocycles. The summed E-state index contributed by atoms with van der Waals surface area (Å²) < 4.78 is 5.34. The van der Waals surface area contributed by atoms with Gasteiger partial charge in [-0.25, -0.2) is 0 Å². The minimum absolute atomic E-state index is 0.207. The molecule has 5 nitrogen and oxygen atoms in total. The normalized spacial score (nSPS) is 15.0. The molecule has 0 spiro atoms. The van der Waals surface area contributed by atoms with Gasteiger partial charge in [-0.15, -0.1) is 0 Å². The highest BCUT2D eigenvalue weighted by Crippen LogP contribution is 2.19. The molecule has 1 fully saturated rings. The lowest BCUT2D eigenvalue weighted by atomic mass is 10.2. The fourth-order valence-corrected chi connectivity index (χ4v) is 2.44. The SMILES string of the molecule is O=C(Nc1ccc(N2CCOCC2)cc1)c1cc(Cl)c[nH]1. The third kappa shape index (κ3) is 3.37. The molecule has 0 radical (unpaired) electrons. The highest BCUT2D eigenvalue weighted by molar-refractivity contribution is 6.31. The van der Waals surface area contributed by atoms with Crippen molar-refractivity contribution in [3.63, 3.8) is 0 Å². The average Bonchev–Trinajstić information content (AvgIpc) is 2.96. The Labute approximate surface area is 127 Å². The number of H-pyrrole nitrogens is 1. The molecule has 6 heteroatoms. The van der Waals surface area contributed by atoms with E-state index in [4.69, 9.17) is 16.3 Å². The van der Waals surface area contributed by atoms with E-state index in [1.54, 1.807) is 12.3 Å². The molecule has 0 aliphatic carbocycles. The second-order valence-corrected chi connectivity index (χ2v) is 5.27. The number of anilines is 2. The van der Waals surface area contributed by atoms with Crippen molar-refractivity contribution >= 4 is 28.9 Å². The van der Waals surface area contributed by atoms with E-state index in [0.717, 1.165) is 37.7 Å². The molecule has 0 saturated carbocycles. The smallest absolute Gasteiger partial charge is 0.272 e. The number of carbonyl (C=O) groups is 1. The van der Waals surface area contributed by atoms with E-state index in [-0.39, 0.29) is 5.91 Å². The first kappa shape index (κ1) is 14.0. The largest absolute Gasteiger partial charge is 0.378 e. The lowest BCUT2D eigenvalue weighted by molar-refractivity contribution is 0.102. The Morgan fingerprint density at radius 3 is 2.57 bits per heavy atom. The number of benzene rings is 1. The van der Waals surface area contributed by atoms with E-state index >= 15 is 0 Å². The Bertz CT molecular complexity index is 618. The number of aromatic amines is 1. The first-order chi connectivity index (χ1) is 10.2.